The molecule has 1 saturated carbocycles. The number of aliphatic hydroxyl groups excluding tert-OH is 1. The third kappa shape index (κ3) is 4.89. The Morgan fingerprint density at radius 1 is 1.16 bits per heavy atom. The van der Waals surface area contributed by atoms with Gasteiger partial charge in [0, 0.05) is 5.71 Å². The fraction of sp³-hybridized carbons (Fsp3) is 0.360. The highest BCUT2D eigenvalue weighted by Gasteiger charge is 2.37. The average Bonchev–Trinajstić information content (AvgIpc) is 3.24. The Morgan fingerprint density at radius 2 is 1.84 bits per heavy atom. The van der Waals surface area contributed by atoms with Crippen LogP contribution < -0.4 is 16.8 Å². The zero-order valence-electron chi connectivity index (χ0n) is 17.9. The molecule has 6 nitrogen and oxygen atoms in total. The molecule has 1 fully saturated rings. The molecule has 2 aromatic carbocycles. The maximum absolute atomic E-state index is 13.2. The molecule has 0 heterocycles. The van der Waals surface area contributed by atoms with Crippen molar-refractivity contribution in [3.63, 3.8) is 0 Å². The number of amides is 1. The summed E-state index contributed by atoms with van der Waals surface area (Å²) in [6, 6.07) is 11.5. The Morgan fingerprint density at radius 3 is 2.50 bits per heavy atom. The number of carbonyl (C=O) groups is 1. The first-order chi connectivity index (χ1) is 15.3. The minimum Gasteiger partial charge on any atom is -0.397 e. The van der Waals surface area contributed by atoms with Gasteiger partial charge in [0.15, 0.2) is 6.23 Å². The molecule has 7 heteroatoms. The summed E-state index contributed by atoms with van der Waals surface area (Å²) in [6.07, 6.45) is 7.45. The number of hydrogen-bond acceptors (Lipinski definition) is 5. The first-order valence-electron chi connectivity index (χ1n) is 11.0. The maximum atomic E-state index is 13.2. The van der Waals surface area contributed by atoms with Crippen molar-refractivity contribution in [1.29, 1.82) is 0 Å². The topological polar surface area (TPSA) is 114 Å². The van der Waals surface area contributed by atoms with Crippen LogP contribution in [0.2, 0.25) is 0 Å². The summed E-state index contributed by atoms with van der Waals surface area (Å²) in [7, 11) is 0. The second kappa shape index (κ2) is 9.22. The second-order valence-corrected chi connectivity index (χ2v) is 8.74. The lowest BCUT2D eigenvalue weighted by Gasteiger charge is -2.28. The van der Waals surface area contributed by atoms with Gasteiger partial charge < -0.3 is 21.9 Å². The predicted octanol–water partition coefficient (Wildman–Crippen LogP) is 4.01. The molecule has 6 N–H and O–H groups in total. The number of anilines is 2. The lowest BCUT2D eigenvalue weighted by atomic mass is 9.92. The van der Waals surface area contributed by atoms with E-state index in [1.807, 2.05) is 12.1 Å². The van der Waals surface area contributed by atoms with E-state index < -0.39 is 11.8 Å². The lowest BCUT2D eigenvalue weighted by molar-refractivity contribution is -0.118. The van der Waals surface area contributed by atoms with Crippen LogP contribution in [0.25, 0.3) is 11.1 Å². The van der Waals surface area contributed by atoms with E-state index in [-0.39, 0.29) is 17.6 Å². The van der Waals surface area contributed by atoms with Crippen LogP contribution in [0, 0.1) is 11.7 Å². The number of rotatable bonds is 5. The molecule has 2 aromatic rings. The van der Waals surface area contributed by atoms with Crippen molar-refractivity contribution in [2.45, 2.75) is 50.3 Å². The highest BCUT2D eigenvalue weighted by molar-refractivity contribution is 6.01. The minimum absolute atomic E-state index is 0.158. The number of nitrogens with one attached hydrogen (secondary N) is 1. The monoisotopic (exact) mass is 436 g/mol. The summed E-state index contributed by atoms with van der Waals surface area (Å²) in [6.45, 7) is 0. The van der Waals surface area contributed by atoms with E-state index in [1.54, 1.807) is 30.3 Å². The van der Waals surface area contributed by atoms with Crippen molar-refractivity contribution in [1.82, 2.24) is 0 Å². The number of nitrogens with zero attached hydrogens (tertiary/aromatic N) is 1. The Kier molecular flexibility index (Phi) is 6.39. The van der Waals surface area contributed by atoms with Crippen LogP contribution in [0.15, 0.2) is 59.6 Å². The van der Waals surface area contributed by atoms with E-state index in [2.05, 4.69) is 10.3 Å². The maximum Gasteiger partial charge on any atom is 0.231 e. The van der Waals surface area contributed by atoms with Gasteiger partial charge in [0.25, 0.3) is 0 Å². The second-order valence-electron chi connectivity index (χ2n) is 8.74. The van der Waals surface area contributed by atoms with Gasteiger partial charge in [-0.15, -0.1) is 0 Å². The molecular weight excluding hydrogens is 407 g/mol. The molecule has 2 unspecified atom stereocenters. The number of hydrogen-bond donors (Lipinski definition) is 4. The van der Waals surface area contributed by atoms with Crippen LogP contribution in [-0.2, 0) is 4.79 Å². The Balaban J connectivity index is 1.42. The van der Waals surface area contributed by atoms with Crippen molar-refractivity contribution < 1.29 is 14.3 Å². The smallest absolute Gasteiger partial charge is 0.231 e. The largest absolute Gasteiger partial charge is 0.397 e. The van der Waals surface area contributed by atoms with Gasteiger partial charge in [-0.05, 0) is 67.2 Å². The average molecular weight is 437 g/mol. The van der Waals surface area contributed by atoms with Crippen LogP contribution >= 0.6 is 0 Å². The van der Waals surface area contributed by atoms with E-state index in [4.69, 9.17) is 11.5 Å². The van der Waals surface area contributed by atoms with Crippen LogP contribution in [0.1, 0.15) is 38.5 Å². The fourth-order valence-electron chi connectivity index (χ4n) is 4.33. The first kappa shape index (κ1) is 22.2. The number of halogens is 1. The van der Waals surface area contributed by atoms with Gasteiger partial charge in [-0.2, -0.15) is 0 Å². The molecule has 0 saturated heterocycles. The molecule has 2 aliphatic rings. The van der Waals surface area contributed by atoms with Crippen LogP contribution in [0.4, 0.5) is 15.8 Å². The molecule has 0 bridgehead atoms. The number of aliphatic hydroxyl groups is 1. The van der Waals surface area contributed by atoms with Gasteiger partial charge >= 0.3 is 0 Å². The van der Waals surface area contributed by atoms with Gasteiger partial charge in [-0.1, -0.05) is 37.1 Å². The Labute approximate surface area is 187 Å². The first-order valence-corrected chi connectivity index (χ1v) is 11.0. The number of aliphatic imine (C=N–C) groups is 1. The third-order valence-electron chi connectivity index (χ3n) is 6.39. The zero-order valence-corrected chi connectivity index (χ0v) is 17.9. The van der Waals surface area contributed by atoms with Crippen LogP contribution in [0.5, 0.6) is 0 Å². The van der Waals surface area contributed by atoms with E-state index >= 15 is 0 Å². The van der Waals surface area contributed by atoms with Gasteiger partial charge in [-0.25, -0.2) is 4.39 Å². The number of carbonyl (C=O) groups excluding carboxylic acids is 1. The standard InChI is InChI=1S/C25H29FN4O2/c26-19-8-3-16(4-9-19)18-7-12-21(27)22(15-18)30-23(31)17-5-10-20(11-6-17)29-24(32)25(28)13-1-2-14-25/h3-5,7-10,12,15,17,24,32H,1-2,6,11,13-14,27-28H2,(H,30,31). The summed E-state index contributed by atoms with van der Waals surface area (Å²) >= 11 is 0. The molecule has 0 aromatic heterocycles. The van der Waals surface area contributed by atoms with E-state index in [0.29, 0.717) is 24.2 Å². The number of nitrogens with two attached hydrogens (primary N) is 2. The van der Waals surface area contributed by atoms with Crippen molar-refractivity contribution >= 4 is 23.0 Å². The molecule has 0 aliphatic heterocycles. The van der Waals surface area contributed by atoms with E-state index in [9.17, 15) is 14.3 Å². The van der Waals surface area contributed by atoms with Gasteiger partial charge in [-0.3, -0.25) is 9.79 Å². The molecule has 0 radical (unpaired) electrons. The van der Waals surface area contributed by atoms with Crippen molar-refractivity contribution in [3.8, 4) is 11.1 Å². The number of benzene rings is 2. The molecule has 2 atom stereocenters. The van der Waals surface area contributed by atoms with Crippen LogP contribution in [-0.4, -0.2) is 28.5 Å². The minimum atomic E-state index is -0.913. The summed E-state index contributed by atoms with van der Waals surface area (Å²) in [4.78, 5) is 17.2. The van der Waals surface area contributed by atoms with E-state index in [0.717, 1.165) is 42.5 Å². The molecule has 168 valence electrons. The predicted molar refractivity (Wildman–Crippen MR) is 126 cm³/mol. The van der Waals surface area contributed by atoms with Gasteiger partial charge in [0.1, 0.15) is 5.82 Å². The van der Waals surface area contributed by atoms with E-state index in [1.165, 1.54) is 12.1 Å². The molecule has 1 amide bonds. The molecule has 4 rings (SSSR count). The molecule has 0 spiro atoms. The third-order valence-corrected chi connectivity index (χ3v) is 6.39. The molecule has 32 heavy (non-hydrogen) atoms. The van der Waals surface area contributed by atoms with Crippen molar-refractivity contribution in [2.75, 3.05) is 11.1 Å². The summed E-state index contributed by atoms with van der Waals surface area (Å²) in [5.74, 6) is -0.782. The highest BCUT2D eigenvalue weighted by Crippen LogP contribution is 2.32. The quantitative estimate of drug-likeness (QED) is 0.530. The Hall–Kier alpha value is -3.03. The van der Waals surface area contributed by atoms with Crippen molar-refractivity contribution in [3.05, 3.63) is 60.4 Å². The lowest BCUT2D eigenvalue weighted by Crippen LogP contribution is -2.47. The van der Waals surface area contributed by atoms with Crippen LogP contribution in [0.3, 0.4) is 0 Å². The zero-order chi connectivity index (χ0) is 22.7. The van der Waals surface area contributed by atoms with Gasteiger partial charge in [0.2, 0.25) is 5.91 Å². The molecule has 2 aliphatic carbocycles. The summed E-state index contributed by atoms with van der Waals surface area (Å²) in [5, 5.41) is 13.3. The number of allylic oxidation sites excluding steroid dienone is 1. The Bertz CT molecular complexity index is 1040. The number of nitrogen functional groups attached to an aromatic ring is 1. The fourth-order valence-corrected chi connectivity index (χ4v) is 4.33. The summed E-state index contributed by atoms with van der Waals surface area (Å²) < 4.78 is 13.2. The SMILES string of the molecule is Nc1ccc(-c2ccc(F)cc2)cc1NC(=O)C1C=CC(=NC(O)C2(N)CCCC2)CC1. The normalized spacial score (nSPS) is 22.1. The highest BCUT2D eigenvalue weighted by atomic mass is 19.1. The van der Waals surface area contributed by atoms with Crippen molar-refractivity contribution in [2.24, 2.45) is 16.6 Å². The molecular formula is C25H29FN4O2. The van der Waals surface area contributed by atoms with Gasteiger partial charge in [0.05, 0.1) is 22.8 Å². The summed E-state index contributed by atoms with van der Waals surface area (Å²) in [5.41, 5.74) is 15.1.